The van der Waals surface area contributed by atoms with Gasteiger partial charge in [0.1, 0.15) is 5.01 Å². The monoisotopic (exact) mass is 342 g/mol. The van der Waals surface area contributed by atoms with Gasteiger partial charge in [-0.25, -0.2) is 8.42 Å². The molecule has 0 radical (unpaired) electrons. The lowest BCUT2D eigenvalue weighted by molar-refractivity contribution is -0.136. The number of nitrogens with zero attached hydrogens (tertiary/aromatic N) is 2. The van der Waals surface area contributed by atoms with Gasteiger partial charge in [0.2, 0.25) is 11.5 Å². The van der Waals surface area contributed by atoms with Crippen molar-refractivity contribution in [1.29, 1.82) is 0 Å². The molecule has 0 aliphatic heterocycles. The number of rotatable bonds is 7. The number of sulfonamides is 1. The topological polar surface area (TPSA) is 138 Å². The van der Waals surface area contributed by atoms with Crippen LogP contribution in [0.3, 0.4) is 0 Å². The number of carboxylic acid groups (broad SMARTS) is 1. The maximum atomic E-state index is 12.1. The highest BCUT2D eigenvalue weighted by atomic mass is 32.2. The van der Waals surface area contributed by atoms with E-state index in [9.17, 15) is 18.0 Å². The Bertz CT molecular complexity index is 785. The first kappa shape index (κ1) is 15.9. The third-order valence-electron chi connectivity index (χ3n) is 2.38. The van der Waals surface area contributed by atoms with Gasteiger partial charge in [0.25, 0.3) is 10.0 Å². The van der Waals surface area contributed by atoms with Crippen molar-refractivity contribution in [2.45, 2.75) is 11.3 Å². The van der Waals surface area contributed by atoms with Crippen LogP contribution in [0.25, 0.3) is 0 Å². The Morgan fingerprint density at radius 2 is 1.95 bits per heavy atom. The minimum atomic E-state index is -3.87. The summed E-state index contributed by atoms with van der Waals surface area (Å²) < 4.78 is 26.5. The van der Waals surface area contributed by atoms with Crippen LogP contribution < -0.4 is 10.0 Å². The predicted octanol–water partition coefficient (Wildman–Crippen LogP) is 0.534. The average Bonchev–Trinajstić information content (AvgIpc) is 2.85. The number of carbonyl (C=O) groups is 2. The molecule has 2 aromatic rings. The second-order valence-electron chi connectivity index (χ2n) is 3.96. The molecule has 0 saturated carbocycles. The fraction of sp³-hybridized carbons (Fsp3) is 0.0909. The zero-order chi connectivity index (χ0) is 16.2. The largest absolute Gasteiger partial charge is 0.481 e. The molecular weight excluding hydrogens is 332 g/mol. The number of nitrogens with one attached hydrogen (secondary N) is 2. The zero-order valence-corrected chi connectivity index (χ0v) is 12.5. The van der Waals surface area contributed by atoms with Gasteiger partial charge in [-0.05, 0) is 24.3 Å². The summed E-state index contributed by atoms with van der Waals surface area (Å²) >= 11 is 0.842. The molecule has 1 aromatic heterocycles. The van der Waals surface area contributed by atoms with E-state index in [4.69, 9.17) is 5.11 Å². The van der Waals surface area contributed by atoms with E-state index in [-0.39, 0.29) is 21.5 Å². The van der Waals surface area contributed by atoms with E-state index in [0.29, 0.717) is 12.1 Å². The highest BCUT2D eigenvalue weighted by molar-refractivity contribution is 7.93. The fourth-order valence-corrected chi connectivity index (χ4v) is 3.43. The molecule has 0 aliphatic carbocycles. The van der Waals surface area contributed by atoms with E-state index in [2.05, 4.69) is 20.2 Å². The number of aliphatic carboxylic acids is 1. The van der Waals surface area contributed by atoms with Gasteiger partial charge in [-0.15, -0.1) is 10.2 Å². The summed E-state index contributed by atoms with van der Waals surface area (Å²) in [6.07, 6.45) is 0.151. The van der Waals surface area contributed by atoms with Crippen molar-refractivity contribution in [3.63, 3.8) is 0 Å². The number of carbonyl (C=O) groups excluding carboxylic acids is 1. The lowest BCUT2D eigenvalue weighted by Crippen LogP contribution is -2.12. The van der Waals surface area contributed by atoms with Crippen LogP contribution in [-0.2, 0) is 26.0 Å². The molecule has 2 rings (SSSR count). The van der Waals surface area contributed by atoms with Crippen LogP contribution in [0.2, 0.25) is 0 Å². The lowest BCUT2D eigenvalue weighted by atomic mass is 10.3. The second-order valence-corrected chi connectivity index (χ2v) is 6.71. The Morgan fingerprint density at radius 1 is 1.27 bits per heavy atom. The quantitative estimate of drug-likeness (QED) is 0.624. The maximum absolute atomic E-state index is 12.1. The minimum Gasteiger partial charge on any atom is -0.481 e. The first-order valence-electron chi connectivity index (χ1n) is 5.78. The van der Waals surface area contributed by atoms with Gasteiger partial charge in [-0.1, -0.05) is 11.3 Å². The summed E-state index contributed by atoms with van der Waals surface area (Å²) in [5.41, 5.74) is 0.452. The number of hydrogen-bond acceptors (Lipinski definition) is 7. The molecule has 1 heterocycles. The Labute approximate surface area is 129 Å². The van der Waals surface area contributed by atoms with Gasteiger partial charge in [0, 0.05) is 5.69 Å². The number of amides is 1. The van der Waals surface area contributed by atoms with E-state index >= 15 is 0 Å². The molecule has 0 unspecified atom stereocenters. The molecule has 3 N–H and O–H groups in total. The van der Waals surface area contributed by atoms with E-state index in [0.717, 1.165) is 11.3 Å². The molecule has 0 bridgehead atoms. The highest BCUT2D eigenvalue weighted by Gasteiger charge is 2.17. The molecule has 116 valence electrons. The van der Waals surface area contributed by atoms with Crippen LogP contribution in [0.15, 0.2) is 29.2 Å². The van der Waals surface area contributed by atoms with Crippen LogP contribution in [0, 0.1) is 0 Å². The molecule has 0 spiro atoms. The molecule has 0 atom stereocenters. The summed E-state index contributed by atoms with van der Waals surface area (Å²) in [5.74, 6) is -1.08. The van der Waals surface area contributed by atoms with Crippen LogP contribution in [0.1, 0.15) is 5.01 Å². The van der Waals surface area contributed by atoms with Crippen LogP contribution in [-0.4, -0.2) is 36.1 Å². The molecule has 1 aromatic carbocycles. The van der Waals surface area contributed by atoms with Crippen LogP contribution in [0.4, 0.5) is 10.8 Å². The summed E-state index contributed by atoms with van der Waals surface area (Å²) in [7, 11) is -3.87. The average molecular weight is 342 g/mol. The second kappa shape index (κ2) is 6.49. The Morgan fingerprint density at radius 3 is 2.55 bits per heavy atom. The highest BCUT2D eigenvalue weighted by Crippen LogP contribution is 2.21. The van der Waals surface area contributed by atoms with Crippen molar-refractivity contribution < 1.29 is 23.1 Å². The Kier molecular flexibility index (Phi) is 4.68. The number of anilines is 2. The molecule has 0 fully saturated rings. The van der Waals surface area contributed by atoms with E-state index in [1.807, 2.05) is 0 Å². The summed E-state index contributed by atoms with van der Waals surface area (Å²) in [4.78, 5) is 20.8. The van der Waals surface area contributed by atoms with Gasteiger partial charge in [-0.3, -0.25) is 14.3 Å². The summed E-state index contributed by atoms with van der Waals surface area (Å²) in [6.45, 7) is 0. The minimum absolute atomic E-state index is 0.0219. The van der Waals surface area contributed by atoms with Crippen molar-refractivity contribution >= 4 is 44.6 Å². The molecule has 11 heteroatoms. The molecule has 22 heavy (non-hydrogen) atoms. The van der Waals surface area contributed by atoms with Gasteiger partial charge in [-0.2, -0.15) is 0 Å². The van der Waals surface area contributed by atoms with Crippen LogP contribution in [0.5, 0.6) is 0 Å². The van der Waals surface area contributed by atoms with Gasteiger partial charge < -0.3 is 10.4 Å². The summed E-state index contributed by atoms with van der Waals surface area (Å²) in [5, 5.41) is 18.3. The molecule has 0 saturated heterocycles. The Balaban J connectivity index is 2.14. The van der Waals surface area contributed by atoms with E-state index < -0.39 is 16.0 Å². The number of carboxylic acids is 1. The smallest absolute Gasteiger partial charge is 0.310 e. The van der Waals surface area contributed by atoms with Gasteiger partial charge >= 0.3 is 5.97 Å². The van der Waals surface area contributed by atoms with Gasteiger partial charge in [0.05, 0.1) is 11.3 Å². The van der Waals surface area contributed by atoms with Gasteiger partial charge in [0.15, 0.2) is 0 Å². The third-order valence-corrected chi connectivity index (χ3v) is 4.70. The zero-order valence-electron chi connectivity index (χ0n) is 10.9. The van der Waals surface area contributed by atoms with E-state index in [1.165, 1.54) is 24.3 Å². The normalized spacial score (nSPS) is 10.9. The number of aromatic nitrogens is 2. The standard InChI is InChI=1S/C11H10N4O5S2/c16-6-12-7-1-3-8(4-2-7)22(19,20)15-11-14-13-9(21-11)5-10(17)18/h1-4,6H,5H2,(H,12,16)(H,14,15)(H,17,18). The molecular formula is C11H10N4O5S2. The Hall–Kier alpha value is -2.53. The van der Waals surface area contributed by atoms with Crippen LogP contribution >= 0.6 is 11.3 Å². The van der Waals surface area contributed by atoms with Crippen molar-refractivity contribution in [3.8, 4) is 0 Å². The number of hydrogen-bond donors (Lipinski definition) is 3. The maximum Gasteiger partial charge on any atom is 0.310 e. The SMILES string of the molecule is O=CNc1ccc(S(=O)(=O)Nc2nnc(CC(=O)O)s2)cc1. The predicted molar refractivity (Wildman–Crippen MR) is 78.2 cm³/mol. The van der Waals surface area contributed by atoms with Crippen molar-refractivity contribution in [1.82, 2.24) is 10.2 Å². The van der Waals surface area contributed by atoms with Crippen molar-refractivity contribution in [2.24, 2.45) is 0 Å². The molecule has 9 nitrogen and oxygen atoms in total. The summed E-state index contributed by atoms with van der Waals surface area (Å²) in [6, 6.07) is 5.48. The number of benzene rings is 1. The first-order chi connectivity index (χ1) is 10.4. The molecule has 0 aliphatic rings. The third kappa shape index (κ3) is 3.99. The fourth-order valence-electron chi connectivity index (χ4n) is 1.47. The first-order valence-corrected chi connectivity index (χ1v) is 8.08. The van der Waals surface area contributed by atoms with Crippen molar-refractivity contribution in [2.75, 3.05) is 10.0 Å². The van der Waals surface area contributed by atoms with Crippen molar-refractivity contribution in [3.05, 3.63) is 29.3 Å². The molecule has 1 amide bonds. The lowest BCUT2D eigenvalue weighted by Gasteiger charge is -2.05. The van der Waals surface area contributed by atoms with E-state index in [1.54, 1.807) is 0 Å².